The zero-order valence-corrected chi connectivity index (χ0v) is 17.9. The first-order valence-corrected chi connectivity index (χ1v) is 10.0. The molecule has 164 valence electrons. The van der Waals surface area contributed by atoms with Gasteiger partial charge in [0.15, 0.2) is 5.82 Å². The summed E-state index contributed by atoms with van der Waals surface area (Å²) >= 11 is 0. The number of aliphatic hydroxyl groups excluding tert-OH is 1. The standard InChI is InChI=1S/C20H30N6O4/c1-12(2)21-18(28)9-20(11-27)7-13(8-20)15-6-17(24-23-15)22-19(29)16-5-14(10-30-4)25-26(16)3/h5-6,12-13,27H,7-11H2,1-4H3,(H,21,28)(H2,22,23,24,29). The van der Waals surface area contributed by atoms with Crippen molar-refractivity contribution in [2.45, 2.75) is 51.7 Å². The number of methoxy groups -OCH3 is 1. The number of rotatable bonds is 9. The molecule has 0 spiro atoms. The maximum atomic E-state index is 12.5. The molecule has 2 aromatic rings. The van der Waals surface area contributed by atoms with Gasteiger partial charge in [-0.2, -0.15) is 10.2 Å². The topological polar surface area (TPSA) is 134 Å². The highest BCUT2D eigenvalue weighted by atomic mass is 16.5. The van der Waals surface area contributed by atoms with Gasteiger partial charge < -0.3 is 20.5 Å². The third kappa shape index (κ3) is 4.88. The molecule has 10 nitrogen and oxygen atoms in total. The molecule has 1 aliphatic carbocycles. The van der Waals surface area contributed by atoms with Crippen LogP contribution in [0.2, 0.25) is 0 Å². The molecular weight excluding hydrogens is 388 g/mol. The van der Waals surface area contributed by atoms with Crippen LogP contribution in [-0.2, 0) is 23.2 Å². The number of aromatic nitrogens is 4. The molecule has 0 aromatic carbocycles. The van der Waals surface area contributed by atoms with E-state index >= 15 is 0 Å². The van der Waals surface area contributed by atoms with E-state index in [9.17, 15) is 14.7 Å². The second-order valence-corrected chi connectivity index (χ2v) is 8.40. The molecule has 0 radical (unpaired) electrons. The Balaban J connectivity index is 1.58. The van der Waals surface area contributed by atoms with E-state index in [2.05, 4.69) is 25.9 Å². The summed E-state index contributed by atoms with van der Waals surface area (Å²) in [4.78, 5) is 24.6. The Bertz CT molecular complexity index is 897. The number of carbonyl (C=O) groups is 2. The normalized spacial score (nSPS) is 20.8. The number of carbonyl (C=O) groups excluding carboxylic acids is 2. The Hall–Kier alpha value is -2.72. The molecule has 0 aliphatic heterocycles. The Kier molecular flexibility index (Phi) is 6.57. The van der Waals surface area contributed by atoms with Crippen LogP contribution in [0.3, 0.4) is 0 Å². The predicted molar refractivity (Wildman–Crippen MR) is 110 cm³/mol. The number of ether oxygens (including phenoxy) is 1. The van der Waals surface area contributed by atoms with Gasteiger partial charge in [-0.3, -0.25) is 19.4 Å². The zero-order chi connectivity index (χ0) is 21.9. The van der Waals surface area contributed by atoms with Gasteiger partial charge in [-0.05, 0) is 32.8 Å². The molecule has 1 fully saturated rings. The largest absolute Gasteiger partial charge is 0.396 e. The number of aliphatic hydroxyl groups is 1. The lowest BCUT2D eigenvalue weighted by Gasteiger charge is -2.46. The number of aromatic amines is 1. The first-order chi connectivity index (χ1) is 14.2. The first-order valence-electron chi connectivity index (χ1n) is 10.0. The molecule has 1 saturated carbocycles. The maximum absolute atomic E-state index is 12.5. The second-order valence-electron chi connectivity index (χ2n) is 8.40. The summed E-state index contributed by atoms with van der Waals surface area (Å²) in [5, 5.41) is 26.8. The maximum Gasteiger partial charge on any atom is 0.275 e. The van der Waals surface area contributed by atoms with Gasteiger partial charge in [0, 0.05) is 56.3 Å². The van der Waals surface area contributed by atoms with E-state index in [4.69, 9.17) is 4.74 Å². The van der Waals surface area contributed by atoms with Crippen molar-refractivity contribution < 1.29 is 19.4 Å². The number of anilines is 1. The SMILES string of the molecule is COCc1cc(C(=O)Nc2cc(C3CC(CO)(CC(=O)NC(C)C)C3)[nH]n2)n(C)n1. The monoisotopic (exact) mass is 418 g/mol. The Morgan fingerprint density at radius 1 is 1.40 bits per heavy atom. The van der Waals surface area contributed by atoms with E-state index in [-0.39, 0.29) is 30.4 Å². The van der Waals surface area contributed by atoms with E-state index in [1.165, 1.54) is 4.68 Å². The van der Waals surface area contributed by atoms with Crippen LogP contribution in [0.1, 0.15) is 60.9 Å². The molecule has 30 heavy (non-hydrogen) atoms. The van der Waals surface area contributed by atoms with Crippen molar-refractivity contribution in [3.05, 3.63) is 29.2 Å². The van der Waals surface area contributed by atoms with Crippen molar-refractivity contribution in [1.82, 2.24) is 25.3 Å². The summed E-state index contributed by atoms with van der Waals surface area (Å²) in [6.45, 7) is 4.13. The summed E-state index contributed by atoms with van der Waals surface area (Å²) in [6.07, 6.45) is 1.68. The summed E-state index contributed by atoms with van der Waals surface area (Å²) in [7, 11) is 3.27. The van der Waals surface area contributed by atoms with E-state index in [1.54, 1.807) is 26.3 Å². The molecular formula is C20H30N6O4. The fraction of sp³-hybridized carbons (Fsp3) is 0.600. The van der Waals surface area contributed by atoms with E-state index < -0.39 is 5.41 Å². The number of nitrogens with zero attached hydrogens (tertiary/aromatic N) is 3. The number of hydrogen-bond donors (Lipinski definition) is 4. The Morgan fingerprint density at radius 2 is 2.13 bits per heavy atom. The van der Waals surface area contributed by atoms with Gasteiger partial charge in [-0.1, -0.05) is 0 Å². The summed E-state index contributed by atoms with van der Waals surface area (Å²) in [6, 6.07) is 3.55. The van der Waals surface area contributed by atoms with Gasteiger partial charge in [0.05, 0.1) is 12.3 Å². The highest BCUT2D eigenvalue weighted by molar-refractivity contribution is 6.02. The molecule has 4 N–H and O–H groups in total. The van der Waals surface area contributed by atoms with Crippen molar-refractivity contribution in [3.63, 3.8) is 0 Å². The minimum absolute atomic E-state index is 0.0307. The van der Waals surface area contributed by atoms with Crippen molar-refractivity contribution >= 4 is 17.6 Å². The predicted octanol–water partition coefficient (Wildman–Crippen LogP) is 1.31. The highest BCUT2D eigenvalue weighted by Gasteiger charge is 2.46. The number of aryl methyl sites for hydroxylation is 1. The van der Waals surface area contributed by atoms with Crippen molar-refractivity contribution in [1.29, 1.82) is 0 Å². The highest BCUT2D eigenvalue weighted by Crippen LogP contribution is 2.52. The van der Waals surface area contributed by atoms with Gasteiger partial charge >= 0.3 is 0 Å². The molecule has 0 saturated heterocycles. The number of nitrogens with one attached hydrogen (secondary N) is 3. The third-order valence-electron chi connectivity index (χ3n) is 5.41. The molecule has 0 bridgehead atoms. The fourth-order valence-corrected chi connectivity index (χ4v) is 4.00. The van der Waals surface area contributed by atoms with E-state index in [1.807, 2.05) is 13.8 Å². The van der Waals surface area contributed by atoms with Gasteiger partial charge in [-0.15, -0.1) is 0 Å². The van der Waals surface area contributed by atoms with Crippen LogP contribution < -0.4 is 10.6 Å². The minimum Gasteiger partial charge on any atom is -0.396 e. The molecule has 1 aliphatic rings. The average Bonchev–Trinajstić information content (AvgIpc) is 3.24. The van der Waals surface area contributed by atoms with E-state index in [0.717, 1.165) is 5.69 Å². The Labute approximate surface area is 175 Å². The van der Waals surface area contributed by atoms with Crippen LogP contribution in [0.5, 0.6) is 0 Å². The van der Waals surface area contributed by atoms with Crippen LogP contribution in [0.15, 0.2) is 12.1 Å². The quantitative estimate of drug-likeness (QED) is 0.485. The van der Waals surface area contributed by atoms with Crippen LogP contribution in [0.4, 0.5) is 5.82 Å². The summed E-state index contributed by atoms with van der Waals surface area (Å²) in [5.41, 5.74) is 1.56. The van der Waals surface area contributed by atoms with Gasteiger partial charge in [0.25, 0.3) is 5.91 Å². The fourth-order valence-electron chi connectivity index (χ4n) is 4.00. The van der Waals surface area contributed by atoms with Gasteiger partial charge in [0.2, 0.25) is 5.91 Å². The molecule has 10 heteroatoms. The summed E-state index contributed by atoms with van der Waals surface area (Å²) < 4.78 is 6.54. The second kappa shape index (κ2) is 8.97. The molecule has 2 heterocycles. The van der Waals surface area contributed by atoms with Crippen LogP contribution in [-0.4, -0.2) is 56.7 Å². The average molecular weight is 418 g/mol. The first kappa shape index (κ1) is 22.0. The number of amides is 2. The van der Waals surface area contributed by atoms with Crippen LogP contribution in [0, 0.1) is 5.41 Å². The minimum atomic E-state index is -0.398. The molecule has 3 rings (SSSR count). The van der Waals surface area contributed by atoms with Crippen LogP contribution in [0.25, 0.3) is 0 Å². The Morgan fingerprint density at radius 3 is 2.77 bits per heavy atom. The smallest absolute Gasteiger partial charge is 0.275 e. The molecule has 0 atom stereocenters. The lowest BCUT2D eigenvalue weighted by Crippen LogP contribution is -2.44. The van der Waals surface area contributed by atoms with Crippen molar-refractivity contribution in [2.24, 2.45) is 12.5 Å². The van der Waals surface area contributed by atoms with Gasteiger partial charge in [-0.25, -0.2) is 0 Å². The lowest BCUT2D eigenvalue weighted by molar-refractivity contribution is -0.127. The zero-order valence-electron chi connectivity index (χ0n) is 17.9. The van der Waals surface area contributed by atoms with Gasteiger partial charge in [0.1, 0.15) is 5.69 Å². The van der Waals surface area contributed by atoms with Crippen molar-refractivity contribution in [3.8, 4) is 0 Å². The van der Waals surface area contributed by atoms with Crippen LogP contribution >= 0.6 is 0 Å². The molecule has 2 amide bonds. The van der Waals surface area contributed by atoms with Crippen molar-refractivity contribution in [2.75, 3.05) is 19.0 Å². The third-order valence-corrected chi connectivity index (χ3v) is 5.41. The summed E-state index contributed by atoms with van der Waals surface area (Å²) in [5.74, 6) is 0.226. The molecule has 0 unspecified atom stereocenters. The lowest BCUT2D eigenvalue weighted by atomic mass is 9.59. The number of H-pyrrole nitrogens is 1. The number of hydrogen-bond acceptors (Lipinski definition) is 6. The molecule has 2 aromatic heterocycles. The van der Waals surface area contributed by atoms with E-state index in [0.29, 0.717) is 43.1 Å².